The highest BCUT2D eigenvalue weighted by Crippen LogP contribution is 2.32. The molecule has 0 amide bonds. The lowest BCUT2D eigenvalue weighted by molar-refractivity contribution is -0.247. The molecule has 0 bridgehead atoms. The van der Waals surface area contributed by atoms with Crippen LogP contribution in [0.2, 0.25) is 0 Å². The molecule has 14 atom stereocenters. The summed E-state index contributed by atoms with van der Waals surface area (Å²) >= 11 is 5.04. The van der Waals surface area contributed by atoms with Gasteiger partial charge in [0.2, 0.25) is 0 Å². The minimum absolute atomic E-state index is 0.164. The fourth-order valence-electron chi connectivity index (χ4n) is 11.1. The fourth-order valence-corrected chi connectivity index (χ4v) is 12.0. The van der Waals surface area contributed by atoms with E-state index in [1.807, 2.05) is 0 Å². The molecule has 0 aromatic rings. The third-order valence-corrected chi connectivity index (χ3v) is 14.5. The highest BCUT2D eigenvalue weighted by molar-refractivity contribution is 14.1. The number of hydrogen-bond donors (Lipinski definition) is 0. The third-order valence-electron chi connectivity index (χ3n) is 13.0. The third kappa shape index (κ3) is 34.5. The van der Waals surface area contributed by atoms with Crippen LogP contribution in [0, 0.1) is 71.0 Å². The summed E-state index contributed by atoms with van der Waals surface area (Å²) in [6.07, 6.45) is 25.7. The van der Waals surface area contributed by atoms with Crippen molar-refractivity contribution >= 4 is 45.2 Å². The number of alkyl halides is 2. The fraction of sp³-hybridized carbons (Fsp3) is 1.00. The summed E-state index contributed by atoms with van der Waals surface area (Å²) in [7, 11) is 0. The summed E-state index contributed by atoms with van der Waals surface area (Å²) in [5, 5.41) is 0. The van der Waals surface area contributed by atoms with Gasteiger partial charge in [-0.25, -0.2) is 0 Å². The molecule has 5 heteroatoms. The van der Waals surface area contributed by atoms with Gasteiger partial charge in [0.25, 0.3) is 0 Å². The van der Waals surface area contributed by atoms with Crippen LogP contribution in [0.25, 0.3) is 0 Å². The first-order chi connectivity index (χ1) is 27.0. The van der Waals surface area contributed by atoms with Crippen LogP contribution in [0.5, 0.6) is 0 Å². The van der Waals surface area contributed by atoms with Crippen molar-refractivity contribution in [2.24, 2.45) is 71.0 Å². The predicted octanol–water partition coefficient (Wildman–Crippen LogP) is 18.0. The van der Waals surface area contributed by atoms with Crippen LogP contribution in [0.4, 0.5) is 0 Å². The van der Waals surface area contributed by atoms with Crippen molar-refractivity contribution in [3.05, 3.63) is 0 Å². The quantitative estimate of drug-likeness (QED) is 0.0348. The first-order valence-corrected chi connectivity index (χ1v) is 28.1. The molecule has 0 N–H and O–H groups in total. The molecule has 0 heterocycles. The zero-order valence-corrected chi connectivity index (χ0v) is 45.3. The Morgan fingerprint density at radius 1 is 0.298 bits per heavy atom. The van der Waals surface area contributed by atoms with E-state index in [0.29, 0.717) is 13.2 Å². The lowest BCUT2D eigenvalue weighted by Crippen LogP contribution is -2.27. The molecule has 344 valence electrons. The number of halogens is 2. The Hall–Kier alpha value is 1.34. The van der Waals surface area contributed by atoms with Crippen LogP contribution < -0.4 is 0 Å². The molecular formula is C52H104I2O3. The Morgan fingerprint density at radius 2 is 0.509 bits per heavy atom. The first kappa shape index (κ1) is 58.3. The van der Waals surface area contributed by atoms with Gasteiger partial charge >= 0.3 is 0 Å². The molecule has 3 nitrogen and oxygen atoms in total. The van der Waals surface area contributed by atoms with Crippen molar-refractivity contribution < 1.29 is 14.2 Å². The smallest absolute Gasteiger partial charge is 0.160 e. The Kier molecular flexibility index (Phi) is 37.7. The zero-order valence-electron chi connectivity index (χ0n) is 41.0. The monoisotopic (exact) mass is 1030 g/mol. The second kappa shape index (κ2) is 36.8. The van der Waals surface area contributed by atoms with Gasteiger partial charge < -0.3 is 14.2 Å². The van der Waals surface area contributed by atoms with E-state index in [2.05, 4.69) is 142 Å². The van der Waals surface area contributed by atoms with E-state index in [0.717, 1.165) is 96.7 Å². The molecule has 0 fully saturated rings. The Balaban J connectivity index is 4.54. The molecule has 0 aliphatic carbocycles. The molecule has 0 aromatic carbocycles. The standard InChI is InChI=1S/C52H104I2O3/c1-15-55-51(25-17-21-39(3)29-43(7)33-47(11)37-49(13)35-45(9)31-41(5)23-19-27-53)57-52(56-16-2)26-18-22-40(4)30-44(8)34-48(12)38-50(14)36-46(10)32-42(6)24-20-28-54/h39-52H,15-38H2,1-14H3. The van der Waals surface area contributed by atoms with E-state index < -0.39 is 0 Å². The predicted molar refractivity (Wildman–Crippen MR) is 272 cm³/mol. The second-order valence-electron chi connectivity index (χ2n) is 21.0. The number of rotatable bonds is 40. The maximum absolute atomic E-state index is 6.52. The molecule has 57 heavy (non-hydrogen) atoms. The van der Waals surface area contributed by atoms with Gasteiger partial charge in [-0.2, -0.15) is 0 Å². The highest BCUT2D eigenvalue weighted by Gasteiger charge is 2.22. The van der Waals surface area contributed by atoms with Crippen molar-refractivity contribution in [3.63, 3.8) is 0 Å². The topological polar surface area (TPSA) is 27.7 Å². The maximum Gasteiger partial charge on any atom is 0.160 e. The number of ether oxygens (including phenoxy) is 3. The van der Waals surface area contributed by atoms with Gasteiger partial charge in [-0.1, -0.05) is 141 Å². The van der Waals surface area contributed by atoms with Crippen LogP contribution >= 0.6 is 45.2 Å². The van der Waals surface area contributed by atoms with Crippen LogP contribution in [0.1, 0.15) is 225 Å². The minimum atomic E-state index is -0.164. The lowest BCUT2D eigenvalue weighted by Gasteiger charge is -2.27. The largest absolute Gasteiger partial charge is 0.353 e. The van der Waals surface area contributed by atoms with Gasteiger partial charge in [-0.05, 0) is 209 Å². The Morgan fingerprint density at radius 3 is 0.719 bits per heavy atom. The van der Waals surface area contributed by atoms with Gasteiger partial charge in [0, 0.05) is 13.2 Å². The van der Waals surface area contributed by atoms with E-state index in [1.165, 1.54) is 112 Å². The molecule has 0 aliphatic heterocycles. The van der Waals surface area contributed by atoms with Crippen molar-refractivity contribution in [1.82, 2.24) is 0 Å². The molecule has 14 unspecified atom stereocenters. The number of hydrogen-bond acceptors (Lipinski definition) is 3. The first-order valence-electron chi connectivity index (χ1n) is 25.0. The molecule has 0 radical (unpaired) electrons. The van der Waals surface area contributed by atoms with Gasteiger partial charge in [0.05, 0.1) is 0 Å². The molecule has 0 aromatic heterocycles. The maximum atomic E-state index is 6.52. The normalized spacial score (nSPS) is 19.8. The summed E-state index contributed by atoms with van der Waals surface area (Å²) in [6.45, 7) is 35.4. The average Bonchev–Trinajstić information content (AvgIpc) is 3.09. The van der Waals surface area contributed by atoms with Crippen LogP contribution in [0.15, 0.2) is 0 Å². The summed E-state index contributed by atoms with van der Waals surface area (Å²) in [4.78, 5) is 0. The second-order valence-corrected chi connectivity index (χ2v) is 23.2. The zero-order chi connectivity index (χ0) is 43.2. The van der Waals surface area contributed by atoms with Gasteiger partial charge in [0.1, 0.15) is 0 Å². The van der Waals surface area contributed by atoms with E-state index in [4.69, 9.17) is 14.2 Å². The molecular weight excluding hydrogens is 926 g/mol. The van der Waals surface area contributed by atoms with E-state index in [-0.39, 0.29) is 12.6 Å². The molecule has 0 rings (SSSR count). The van der Waals surface area contributed by atoms with Gasteiger partial charge in [-0.15, -0.1) is 0 Å². The molecule has 0 saturated heterocycles. The van der Waals surface area contributed by atoms with E-state index in [9.17, 15) is 0 Å². The van der Waals surface area contributed by atoms with Crippen LogP contribution in [0.3, 0.4) is 0 Å². The lowest BCUT2D eigenvalue weighted by atomic mass is 9.81. The van der Waals surface area contributed by atoms with Crippen LogP contribution in [-0.4, -0.2) is 34.6 Å². The van der Waals surface area contributed by atoms with Crippen molar-refractivity contribution in [1.29, 1.82) is 0 Å². The van der Waals surface area contributed by atoms with Gasteiger partial charge in [-0.3, -0.25) is 0 Å². The van der Waals surface area contributed by atoms with Crippen molar-refractivity contribution in [2.45, 2.75) is 238 Å². The van der Waals surface area contributed by atoms with Gasteiger partial charge in [0.15, 0.2) is 12.6 Å². The summed E-state index contributed by atoms with van der Waals surface area (Å²) in [5.74, 6) is 9.85. The summed E-state index contributed by atoms with van der Waals surface area (Å²) < 4.78 is 21.4. The van der Waals surface area contributed by atoms with Crippen LogP contribution in [-0.2, 0) is 14.2 Å². The summed E-state index contributed by atoms with van der Waals surface area (Å²) in [5.41, 5.74) is 0. The van der Waals surface area contributed by atoms with E-state index in [1.54, 1.807) is 0 Å². The highest BCUT2D eigenvalue weighted by atomic mass is 127. The molecule has 0 spiro atoms. The Labute approximate surface area is 387 Å². The molecule has 0 saturated carbocycles. The van der Waals surface area contributed by atoms with E-state index >= 15 is 0 Å². The minimum Gasteiger partial charge on any atom is -0.353 e. The Bertz CT molecular complexity index is 804. The average molecular weight is 1030 g/mol. The SMILES string of the molecule is CCOC(CCCC(C)CC(C)CC(C)CC(C)CC(C)CC(C)CCCI)OC(CCCC(C)CC(C)CC(C)CC(C)CC(C)CC(C)CCCI)OCC. The van der Waals surface area contributed by atoms with Crippen molar-refractivity contribution in [3.8, 4) is 0 Å². The summed E-state index contributed by atoms with van der Waals surface area (Å²) in [6, 6.07) is 0. The molecule has 0 aliphatic rings. The van der Waals surface area contributed by atoms with Crippen molar-refractivity contribution in [2.75, 3.05) is 22.1 Å².